The fraction of sp³-hybridized carbons (Fsp3) is 0.333. The van der Waals surface area contributed by atoms with Gasteiger partial charge >= 0.3 is 0 Å². The van der Waals surface area contributed by atoms with Crippen LogP contribution >= 0.6 is 0 Å². The number of aromatic nitrogens is 2. The van der Waals surface area contributed by atoms with Gasteiger partial charge in [-0.2, -0.15) is 5.10 Å². The van der Waals surface area contributed by atoms with Crippen molar-refractivity contribution in [2.24, 2.45) is 5.92 Å². The molecular weight excluding hydrogens is 238 g/mol. The molecule has 0 bridgehead atoms. The fourth-order valence-corrected chi connectivity index (χ4v) is 1.74. The molecule has 1 aromatic heterocycles. The summed E-state index contributed by atoms with van der Waals surface area (Å²) < 4.78 is 1.78. The van der Waals surface area contributed by atoms with Crippen molar-refractivity contribution in [1.29, 1.82) is 0 Å². The minimum Gasteiger partial charge on any atom is -0.356 e. The van der Waals surface area contributed by atoms with Gasteiger partial charge in [0.05, 0.1) is 18.3 Å². The van der Waals surface area contributed by atoms with Crippen molar-refractivity contribution in [3.05, 3.63) is 48.3 Å². The molecule has 0 unspecified atom stereocenters. The minimum absolute atomic E-state index is 0.0429. The van der Waals surface area contributed by atoms with E-state index < -0.39 is 0 Å². The molecule has 0 aliphatic rings. The Bertz CT molecular complexity index is 531. The number of nitrogens with zero attached hydrogens (tertiary/aromatic N) is 2. The summed E-state index contributed by atoms with van der Waals surface area (Å²) in [5.74, 6) is 0.511. The smallest absolute Gasteiger partial charge is 0.224 e. The number of para-hydroxylation sites is 1. The number of amides is 1. The maximum atomic E-state index is 11.7. The van der Waals surface area contributed by atoms with Crippen LogP contribution in [0.3, 0.4) is 0 Å². The molecular formula is C15H19N3O. The van der Waals surface area contributed by atoms with E-state index in [9.17, 15) is 4.79 Å². The Labute approximate surface area is 113 Å². The predicted octanol–water partition coefficient (Wildman–Crippen LogP) is 2.19. The third kappa shape index (κ3) is 3.95. The first-order valence-electron chi connectivity index (χ1n) is 6.51. The molecule has 1 amide bonds. The molecule has 4 heteroatoms. The molecule has 0 fully saturated rings. The van der Waals surface area contributed by atoms with Crippen LogP contribution in [0.1, 0.15) is 19.4 Å². The first-order chi connectivity index (χ1) is 9.15. The van der Waals surface area contributed by atoms with E-state index >= 15 is 0 Å². The van der Waals surface area contributed by atoms with E-state index in [1.165, 1.54) is 0 Å². The molecule has 19 heavy (non-hydrogen) atoms. The van der Waals surface area contributed by atoms with Gasteiger partial charge in [-0.25, -0.2) is 4.68 Å². The van der Waals surface area contributed by atoms with E-state index in [1.807, 2.05) is 36.5 Å². The van der Waals surface area contributed by atoms with E-state index in [-0.39, 0.29) is 5.91 Å². The Hall–Kier alpha value is -2.10. The maximum absolute atomic E-state index is 11.7. The highest BCUT2D eigenvalue weighted by Gasteiger charge is 2.06. The Morgan fingerprint density at radius 1 is 1.32 bits per heavy atom. The first-order valence-corrected chi connectivity index (χ1v) is 6.51. The molecule has 1 N–H and O–H groups in total. The quantitative estimate of drug-likeness (QED) is 0.892. The van der Waals surface area contributed by atoms with Crippen LogP contribution in [0.5, 0.6) is 0 Å². The van der Waals surface area contributed by atoms with E-state index in [0.29, 0.717) is 18.9 Å². The molecule has 0 saturated heterocycles. The van der Waals surface area contributed by atoms with Crippen molar-refractivity contribution in [2.75, 3.05) is 6.54 Å². The summed E-state index contributed by atoms with van der Waals surface area (Å²) in [6.45, 7) is 4.87. The summed E-state index contributed by atoms with van der Waals surface area (Å²) in [6.07, 6.45) is 4.01. The molecule has 4 nitrogen and oxygen atoms in total. The standard InChI is InChI=1S/C15H19N3O/c1-12(2)9-16-15(19)8-13-10-17-18(11-13)14-6-4-3-5-7-14/h3-7,10-12H,8-9H2,1-2H3,(H,16,19). The highest BCUT2D eigenvalue weighted by atomic mass is 16.1. The average Bonchev–Trinajstić information content (AvgIpc) is 2.86. The number of hydrogen-bond donors (Lipinski definition) is 1. The molecule has 1 aromatic carbocycles. The van der Waals surface area contributed by atoms with Crippen LogP contribution < -0.4 is 5.32 Å². The van der Waals surface area contributed by atoms with E-state index in [0.717, 1.165) is 11.3 Å². The van der Waals surface area contributed by atoms with E-state index in [4.69, 9.17) is 0 Å². The van der Waals surface area contributed by atoms with Crippen LogP contribution in [-0.2, 0) is 11.2 Å². The van der Waals surface area contributed by atoms with Crippen LogP contribution in [-0.4, -0.2) is 22.2 Å². The number of hydrogen-bond acceptors (Lipinski definition) is 2. The molecule has 2 aromatic rings. The topological polar surface area (TPSA) is 46.9 Å². The largest absolute Gasteiger partial charge is 0.356 e. The zero-order chi connectivity index (χ0) is 13.7. The molecule has 2 rings (SSSR count). The summed E-state index contributed by atoms with van der Waals surface area (Å²) in [5, 5.41) is 7.18. The molecule has 0 saturated carbocycles. The maximum Gasteiger partial charge on any atom is 0.224 e. The zero-order valence-corrected chi connectivity index (χ0v) is 11.3. The van der Waals surface area contributed by atoms with Gasteiger partial charge in [0.15, 0.2) is 0 Å². The van der Waals surface area contributed by atoms with Crippen molar-refractivity contribution in [3.63, 3.8) is 0 Å². The lowest BCUT2D eigenvalue weighted by molar-refractivity contribution is -0.120. The van der Waals surface area contributed by atoms with Crippen LogP contribution in [0.25, 0.3) is 5.69 Å². The molecule has 100 valence electrons. The van der Waals surface area contributed by atoms with Crippen LogP contribution in [0.15, 0.2) is 42.7 Å². The number of rotatable bonds is 5. The second kappa shape index (κ2) is 6.18. The van der Waals surface area contributed by atoms with Gasteiger partial charge in [-0.3, -0.25) is 4.79 Å². The van der Waals surface area contributed by atoms with E-state index in [1.54, 1.807) is 10.9 Å². The Morgan fingerprint density at radius 2 is 2.05 bits per heavy atom. The fourth-order valence-electron chi connectivity index (χ4n) is 1.74. The van der Waals surface area contributed by atoms with E-state index in [2.05, 4.69) is 24.3 Å². The van der Waals surface area contributed by atoms with Crippen molar-refractivity contribution in [1.82, 2.24) is 15.1 Å². The van der Waals surface area contributed by atoms with Gasteiger partial charge in [-0.15, -0.1) is 0 Å². The van der Waals surface area contributed by atoms with Gasteiger partial charge in [0, 0.05) is 12.7 Å². The van der Waals surface area contributed by atoms with Gasteiger partial charge < -0.3 is 5.32 Å². The third-order valence-corrected chi connectivity index (χ3v) is 2.73. The lowest BCUT2D eigenvalue weighted by atomic mass is 10.2. The Kier molecular flexibility index (Phi) is 4.34. The van der Waals surface area contributed by atoms with Gasteiger partial charge in [0.2, 0.25) is 5.91 Å². The summed E-state index contributed by atoms with van der Waals surface area (Å²) in [4.78, 5) is 11.7. The van der Waals surface area contributed by atoms with Crippen molar-refractivity contribution in [2.45, 2.75) is 20.3 Å². The molecule has 0 atom stereocenters. The number of carbonyl (C=O) groups excluding carboxylic acids is 1. The Morgan fingerprint density at radius 3 is 2.74 bits per heavy atom. The molecule has 1 heterocycles. The number of carbonyl (C=O) groups is 1. The molecule has 0 spiro atoms. The lowest BCUT2D eigenvalue weighted by Gasteiger charge is -2.06. The van der Waals surface area contributed by atoms with Gasteiger partial charge in [0.1, 0.15) is 0 Å². The average molecular weight is 257 g/mol. The third-order valence-electron chi connectivity index (χ3n) is 2.73. The summed E-state index contributed by atoms with van der Waals surface area (Å²) in [7, 11) is 0. The first kappa shape index (κ1) is 13.3. The van der Waals surface area contributed by atoms with Crippen molar-refractivity contribution >= 4 is 5.91 Å². The lowest BCUT2D eigenvalue weighted by Crippen LogP contribution is -2.28. The summed E-state index contributed by atoms with van der Waals surface area (Å²) in [5.41, 5.74) is 1.92. The molecule has 0 radical (unpaired) electrons. The summed E-state index contributed by atoms with van der Waals surface area (Å²) >= 11 is 0. The second-order valence-corrected chi connectivity index (χ2v) is 5.00. The zero-order valence-electron chi connectivity index (χ0n) is 11.3. The van der Waals surface area contributed by atoms with Crippen molar-refractivity contribution < 1.29 is 4.79 Å². The Balaban J connectivity index is 1.96. The highest BCUT2D eigenvalue weighted by Crippen LogP contribution is 2.08. The van der Waals surface area contributed by atoms with Gasteiger partial charge in [0.25, 0.3) is 0 Å². The highest BCUT2D eigenvalue weighted by molar-refractivity contribution is 5.78. The monoisotopic (exact) mass is 257 g/mol. The normalized spacial score (nSPS) is 10.7. The molecule has 0 aliphatic heterocycles. The van der Waals surface area contributed by atoms with Crippen molar-refractivity contribution in [3.8, 4) is 5.69 Å². The second-order valence-electron chi connectivity index (χ2n) is 5.00. The predicted molar refractivity (Wildman–Crippen MR) is 75.1 cm³/mol. The van der Waals surface area contributed by atoms with Gasteiger partial charge in [-0.05, 0) is 23.6 Å². The number of nitrogens with one attached hydrogen (secondary N) is 1. The summed E-state index contributed by atoms with van der Waals surface area (Å²) in [6, 6.07) is 9.86. The van der Waals surface area contributed by atoms with Crippen LogP contribution in [0.2, 0.25) is 0 Å². The SMILES string of the molecule is CC(C)CNC(=O)Cc1cnn(-c2ccccc2)c1. The molecule has 0 aliphatic carbocycles. The van der Waals surface area contributed by atoms with Gasteiger partial charge in [-0.1, -0.05) is 32.0 Å². The number of benzene rings is 1. The minimum atomic E-state index is 0.0429. The van der Waals surface area contributed by atoms with Crippen LogP contribution in [0, 0.1) is 5.92 Å². The van der Waals surface area contributed by atoms with Crippen LogP contribution in [0.4, 0.5) is 0 Å².